The smallest absolute Gasteiger partial charge is 0.231 e. The average Bonchev–Trinajstić information content (AvgIpc) is 3.66. The summed E-state index contributed by atoms with van der Waals surface area (Å²) in [6.45, 7) is 9.77. The third kappa shape index (κ3) is 4.63. The Morgan fingerprint density at radius 2 is 1.84 bits per heavy atom. The van der Waals surface area contributed by atoms with Gasteiger partial charge in [0.1, 0.15) is 12.1 Å². The average molecular weight is 500 g/mol. The number of anilines is 1. The van der Waals surface area contributed by atoms with E-state index in [1.807, 2.05) is 12.4 Å². The number of piperazine rings is 1. The van der Waals surface area contributed by atoms with Gasteiger partial charge in [-0.1, -0.05) is 31.2 Å². The van der Waals surface area contributed by atoms with Crippen LogP contribution in [0.5, 0.6) is 0 Å². The first-order valence-electron chi connectivity index (χ1n) is 13.6. The number of hydrogen-bond donors (Lipinski definition) is 2. The van der Waals surface area contributed by atoms with Crippen LogP contribution in [0, 0.1) is 0 Å². The standard InChI is InChI=1S/C29H37N7O/c1-19-4-9-23-25(19)27(31-18-30-23)35-12-14-36(15-13-35)28(37)26(24-10-11-29(2,3)34-24)21-7-5-20(6-8-21)22-16-32-33-17-22/h5-8,16-19,24,26,34H,4,9-15H2,1-3H3,(H,32,33)/t19-,24+,26+/m1/s1. The van der Waals surface area contributed by atoms with E-state index in [4.69, 9.17) is 0 Å². The number of aryl methyl sites for hydroxylation is 1. The minimum Gasteiger partial charge on any atom is -0.353 e. The van der Waals surface area contributed by atoms with Gasteiger partial charge in [0.15, 0.2) is 0 Å². The first kappa shape index (κ1) is 24.1. The molecule has 4 heterocycles. The van der Waals surface area contributed by atoms with Gasteiger partial charge in [-0.15, -0.1) is 0 Å². The number of fused-ring (bicyclic) bond motifs is 1. The van der Waals surface area contributed by atoms with Gasteiger partial charge in [-0.25, -0.2) is 9.97 Å². The molecule has 3 atom stereocenters. The van der Waals surface area contributed by atoms with Crippen LogP contribution >= 0.6 is 0 Å². The number of carbonyl (C=O) groups excluding carboxylic acids is 1. The predicted octanol–water partition coefficient (Wildman–Crippen LogP) is 3.88. The highest BCUT2D eigenvalue weighted by molar-refractivity contribution is 5.85. The van der Waals surface area contributed by atoms with Gasteiger partial charge in [-0.05, 0) is 56.6 Å². The van der Waals surface area contributed by atoms with E-state index in [1.54, 1.807) is 6.33 Å². The fourth-order valence-electron chi connectivity index (χ4n) is 6.46. The molecule has 0 spiro atoms. The summed E-state index contributed by atoms with van der Waals surface area (Å²) in [6, 6.07) is 8.59. The van der Waals surface area contributed by atoms with Crippen molar-refractivity contribution >= 4 is 11.7 Å². The van der Waals surface area contributed by atoms with Gasteiger partial charge in [0.25, 0.3) is 0 Å². The fourth-order valence-corrected chi connectivity index (χ4v) is 6.46. The predicted molar refractivity (Wildman–Crippen MR) is 145 cm³/mol. The van der Waals surface area contributed by atoms with Crippen LogP contribution < -0.4 is 10.2 Å². The van der Waals surface area contributed by atoms with Crippen molar-refractivity contribution < 1.29 is 4.79 Å². The number of H-pyrrole nitrogens is 1. The molecular formula is C29H37N7O. The Morgan fingerprint density at radius 1 is 1.05 bits per heavy atom. The van der Waals surface area contributed by atoms with Gasteiger partial charge in [0, 0.05) is 60.8 Å². The Morgan fingerprint density at radius 3 is 2.51 bits per heavy atom. The second-order valence-electron chi connectivity index (χ2n) is 11.6. The van der Waals surface area contributed by atoms with Gasteiger partial charge in [-0.2, -0.15) is 5.10 Å². The summed E-state index contributed by atoms with van der Waals surface area (Å²) in [5, 5.41) is 10.7. The molecule has 2 saturated heterocycles. The van der Waals surface area contributed by atoms with Crippen LogP contribution in [0.1, 0.15) is 68.7 Å². The minimum absolute atomic E-state index is 0.0444. The molecule has 2 fully saturated rings. The molecule has 1 aliphatic carbocycles. The zero-order valence-electron chi connectivity index (χ0n) is 22.1. The molecule has 37 heavy (non-hydrogen) atoms. The molecule has 2 aromatic heterocycles. The van der Waals surface area contributed by atoms with Crippen LogP contribution in [0.4, 0.5) is 5.82 Å². The van der Waals surface area contributed by atoms with Crippen LogP contribution in [0.2, 0.25) is 0 Å². The monoisotopic (exact) mass is 499 g/mol. The number of nitrogens with one attached hydrogen (secondary N) is 2. The maximum absolute atomic E-state index is 14.1. The van der Waals surface area contributed by atoms with Crippen molar-refractivity contribution in [1.82, 2.24) is 30.4 Å². The van der Waals surface area contributed by atoms with Gasteiger partial charge in [-0.3, -0.25) is 9.89 Å². The summed E-state index contributed by atoms with van der Waals surface area (Å²) in [4.78, 5) is 27.8. The number of nitrogens with zero attached hydrogens (tertiary/aromatic N) is 5. The lowest BCUT2D eigenvalue weighted by Gasteiger charge is -2.39. The van der Waals surface area contributed by atoms with E-state index >= 15 is 0 Å². The lowest BCUT2D eigenvalue weighted by molar-refractivity contribution is -0.133. The van der Waals surface area contributed by atoms with Crippen LogP contribution in [-0.4, -0.2) is 68.7 Å². The summed E-state index contributed by atoms with van der Waals surface area (Å²) in [6.07, 6.45) is 9.68. The number of hydrogen-bond acceptors (Lipinski definition) is 6. The third-order valence-corrected chi connectivity index (χ3v) is 8.57. The third-order valence-electron chi connectivity index (χ3n) is 8.57. The van der Waals surface area contributed by atoms with E-state index in [-0.39, 0.29) is 23.4 Å². The van der Waals surface area contributed by atoms with Crippen molar-refractivity contribution in [1.29, 1.82) is 0 Å². The van der Waals surface area contributed by atoms with E-state index in [0.29, 0.717) is 19.0 Å². The summed E-state index contributed by atoms with van der Waals surface area (Å²) in [5.74, 6) is 1.60. The van der Waals surface area contributed by atoms with Crippen molar-refractivity contribution in [2.75, 3.05) is 31.1 Å². The molecule has 0 radical (unpaired) electrons. The molecule has 3 aliphatic rings. The van der Waals surface area contributed by atoms with Crippen molar-refractivity contribution in [2.24, 2.45) is 0 Å². The van der Waals surface area contributed by atoms with Gasteiger partial charge in [0.05, 0.1) is 12.1 Å². The Kier molecular flexibility index (Phi) is 6.23. The highest BCUT2D eigenvalue weighted by atomic mass is 16.2. The van der Waals surface area contributed by atoms with Gasteiger partial charge in [0.2, 0.25) is 5.91 Å². The Hall–Kier alpha value is -3.26. The van der Waals surface area contributed by atoms with E-state index < -0.39 is 0 Å². The first-order chi connectivity index (χ1) is 17.9. The number of benzene rings is 1. The van der Waals surface area contributed by atoms with Gasteiger partial charge >= 0.3 is 0 Å². The van der Waals surface area contributed by atoms with E-state index in [1.165, 1.54) is 11.3 Å². The molecule has 2 N–H and O–H groups in total. The molecule has 2 aliphatic heterocycles. The second-order valence-corrected chi connectivity index (χ2v) is 11.6. The van der Waals surface area contributed by atoms with Crippen LogP contribution in [0.3, 0.4) is 0 Å². The van der Waals surface area contributed by atoms with Crippen LogP contribution in [-0.2, 0) is 11.2 Å². The summed E-state index contributed by atoms with van der Waals surface area (Å²) >= 11 is 0. The largest absolute Gasteiger partial charge is 0.353 e. The fraction of sp³-hybridized carbons (Fsp3) is 0.517. The lowest BCUT2D eigenvalue weighted by atomic mass is 9.88. The van der Waals surface area contributed by atoms with Gasteiger partial charge < -0.3 is 15.1 Å². The highest BCUT2D eigenvalue weighted by Gasteiger charge is 2.41. The zero-order valence-corrected chi connectivity index (χ0v) is 22.1. The van der Waals surface area contributed by atoms with Crippen molar-refractivity contribution in [3.63, 3.8) is 0 Å². The Labute approximate surface area is 218 Å². The SMILES string of the molecule is C[C@@H]1CCc2ncnc(N3CCN(C(=O)[C@@H](c4ccc(-c5cn[nH]c5)cc4)[C@@H]4CCC(C)(C)N4)CC3)c21. The Bertz CT molecular complexity index is 1250. The van der Waals surface area contributed by atoms with Crippen molar-refractivity contribution in [3.05, 3.63) is 59.8 Å². The van der Waals surface area contributed by atoms with Crippen LogP contribution in [0.25, 0.3) is 11.1 Å². The number of aromatic nitrogens is 4. The molecule has 1 amide bonds. The maximum atomic E-state index is 14.1. The molecule has 0 unspecified atom stereocenters. The number of amides is 1. The number of aromatic amines is 1. The van der Waals surface area contributed by atoms with E-state index in [2.05, 4.69) is 80.3 Å². The molecule has 1 aromatic carbocycles. The van der Waals surface area contributed by atoms with Crippen molar-refractivity contribution in [3.8, 4) is 11.1 Å². The number of carbonyl (C=O) groups is 1. The zero-order chi connectivity index (χ0) is 25.6. The number of rotatable bonds is 5. The maximum Gasteiger partial charge on any atom is 0.231 e. The summed E-state index contributed by atoms with van der Waals surface area (Å²) < 4.78 is 0. The first-order valence-corrected chi connectivity index (χ1v) is 13.6. The molecule has 0 saturated carbocycles. The molecule has 8 heteroatoms. The molecule has 3 aromatic rings. The summed E-state index contributed by atoms with van der Waals surface area (Å²) in [5.41, 5.74) is 5.79. The van der Waals surface area contributed by atoms with Crippen LogP contribution in [0.15, 0.2) is 43.0 Å². The summed E-state index contributed by atoms with van der Waals surface area (Å²) in [7, 11) is 0. The molecule has 6 rings (SSSR count). The normalized spacial score (nSPS) is 23.8. The van der Waals surface area contributed by atoms with Crippen molar-refractivity contribution in [2.45, 2.75) is 69.9 Å². The molecule has 194 valence electrons. The topological polar surface area (TPSA) is 90.0 Å². The Balaban J connectivity index is 1.21. The second kappa shape index (κ2) is 9.56. The lowest BCUT2D eigenvalue weighted by Crippen LogP contribution is -2.53. The highest BCUT2D eigenvalue weighted by Crippen LogP contribution is 2.38. The minimum atomic E-state index is -0.199. The van der Waals surface area contributed by atoms with E-state index in [9.17, 15) is 4.79 Å². The molecule has 0 bridgehead atoms. The van der Waals surface area contributed by atoms with E-state index in [0.717, 1.165) is 61.3 Å². The quantitative estimate of drug-likeness (QED) is 0.554. The molecular weight excluding hydrogens is 462 g/mol. The molecule has 8 nitrogen and oxygen atoms in total.